The Balaban J connectivity index is 1.69. The van der Waals surface area contributed by atoms with Crippen LogP contribution in [0.2, 0.25) is 0 Å². The van der Waals surface area contributed by atoms with Gasteiger partial charge in [-0.1, -0.05) is 15.9 Å². The number of rotatable bonds is 2. The first-order chi connectivity index (χ1) is 10.3. The van der Waals surface area contributed by atoms with Gasteiger partial charge in [-0.3, -0.25) is 0 Å². The molecule has 2 aromatic carbocycles. The lowest BCUT2D eigenvalue weighted by molar-refractivity contribution is 0.174. The zero-order valence-electron chi connectivity index (χ0n) is 10.7. The largest absolute Gasteiger partial charge is 0.454 e. The van der Waals surface area contributed by atoms with Gasteiger partial charge in [0.15, 0.2) is 11.5 Å². The van der Waals surface area contributed by atoms with Gasteiger partial charge in [-0.25, -0.2) is 0 Å². The van der Waals surface area contributed by atoms with Gasteiger partial charge in [-0.15, -0.1) is 10.2 Å². The number of nitrogens with zero attached hydrogens (tertiary/aromatic N) is 2. The Kier molecular flexibility index (Phi) is 2.89. The second-order valence-electron chi connectivity index (χ2n) is 4.49. The van der Waals surface area contributed by atoms with Crippen LogP contribution < -0.4 is 9.47 Å². The highest BCUT2D eigenvalue weighted by Crippen LogP contribution is 2.36. The fourth-order valence-electron chi connectivity index (χ4n) is 2.08. The first-order valence-corrected chi connectivity index (χ1v) is 7.08. The molecule has 0 N–H and O–H groups in total. The normalized spacial score (nSPS) is 12.6. The van der Waals surface area contributed by atoms with E-state index >= 15 is 0 Å². The molecule has 0 spiro atoms. The third kappa shape index (κ3) is 2.27. The summed E-state index contributed by atoms with van der Waals surface area (Å²) in [6, 6.07) is 13.2. The molecule has 0 saturated heterocycles. The smallest absolute Gasteiger partial charge is 0.248 e. The minimum Gasteiger partial charge on any atom is -0.454 e. The molecular formula is C15H9BrN2O3. The highest BCUT2D eigenvalue weighted by atomic mass is 79.9. The molecule has 0 saturated carbocycles. The van der Waals surface area contributed by atoms with Gasteiger partial charge in [-0.2, -0.15) is 0 Å². The highest BCUT2D eigenvalue weighted by molar-refractivity contribution is 9.10. The maximum atomic E-state index is 5.72. The lowest BCUT2D eigenvalue weighted by atomic mass is 10.2. The molecule has 2 heterocycles. The summed E-state index contributed by atoms with van der Waals surface area (Å²) < 4.78 is 17.4. The highest BCUT2D eigenvalue weighted by Gasteiger charge is 2.17. The summed E-state index contributed by atoms with van der Waals surface area (Å²) in [5.74, 6) is 2.35. The van der Waals surface area contributed by atoms with E-state index in [9.17, 15) is 0 Å². The van der Waals surface area contributed by atoms with Crippen molar-refractivity contribution in [1.82, 2.24) is 10.2 Å². The van der Waals surface area contributed by atoms with Crippen molar-refractivity contribution in [3.8, 4) is 34.4 Å². The molecular weight excluding hydrogens is 336 g/mol. The predicted octanol–water partition coefficient (Wildman–Crippen LogP) is 3.89. The molecule has 6 heteroatoms. The molecule has 4 rings (SSSR count). The number of hydrogen-bond donors (Lipinski definition) is 0. The summed E-state index contributed by atoms with van der Waals surface area (Å²) >= 11 is 3.40. The van der Waals surface area contributed by atoms with Crippen molar-refractivity contribution in [2.45, 2.75) is 0 Å². The minimum absolute atomic E-state index is 0.243. The average Bonchev–Trinajstić information content (AvgIpc) is 3.16. The first kappa shape index (κ1) is 12.4. The zero-order chi connectivity index (χ0) is 14.2. The van der Waals surface area contributed by atoms with Crippen LogP contribution in [0.4, 0.5) is 0 Å². The molecule has 3 aromatic rings. The number of benzene rings is 2. The summed E-state index contributed by atoms with van der Waals surface area (Å²) in [7, 11) is 0. The van der Waals surface area contributed by atoms with Crippen molar-refractivity contribution in [3.63, 3.8) is 0 Å². The fraction of sp³-hybridized carbons (Fsp3) is 0.0667. The molecule has 1 aliphatic heterocycles. The van der Waals surface area contributed by atoms with E-state index in [2.05, 4.69) is 26.1 Å². The molecule has 0 bridgehead atoms. The fourth-order valence-corrected chi connectivity index (χ4v) is 2.34. The van der Waals surface area contributed by atoms with Crippen molar-refractivity contribution < 1.29 is 13.9 Å². The van der Waals surface area contributed by atoms with E-state index in [0.29, 0.717) is 17.5 Å². The molecule has 104 valence electrons. The molecule has 1 aromatic heterocycles. The second-order valence-corrected chi connectivity index (χ2v) is 5.40. The summed E-state index contributed by atoms with van der Waals surface area (Å²) in [6.07, 6.45) is 0. The molecule has 0 aliphatic carbocycles. The SMILES string of the molecule is Brc1ccc(-c2nnc(-c3ccc4c(c3)OCO4)o2)cc1. The topological polar surface area (TPSA) is 57.4 Å². The van der Waals surface area contributed by atoms with Crippen LogP contribution in [0.5, 0.6) is 11.5 Å². The van der Waals surface area contributed by atoms with Crippen molar-refractivity contribution in [1.29, 1.82) is 0 Å². The van der Waals surface area contributed by atoms with Gasteiger partial charge in [0.2, 0.25) is 18.6 Å². The Bertz CT molecular complexity index is 799. The zero-order valence-corrected chi connectivity index (χ0v) is 12.3. The summed E-state index contributed by atoms with van der Waals surface area (Å²) in [4.78, 5) is 0. The number of fused-ring (bicyclic) bond motifs is 1. The van der Waals surface area contributed by atoms with Gasteiger partial charge in [0.1, 0.15) is 0 Å². The molecule has 0 radical (unpaired) electrons. The van der Waals surface area contributed by atoms with E-state index in [1.165, 1.54) is 0 Å². The molecule has 0 unspecified atom stereocenters. The Morgan fingerprint density at radius 2 is 1.48 bits per heavy atom. The Morgan fingerprint density at radius 1 is 0.810 bits per heavy atom. The van der Waals surface area contributed by atoms with E-state index in [4.69, 9.17) is 13.9 Å². The maximum absolute atomic E-state index is 5.72. The van der Waals surface area contributed by atoms with E-state index in [1.807, 2.05) is 42.5 Å². The molecule has 0 atom stereocenters. The van der Waals surface area contributed by atoms with Crippen LogP contribution in [-0.4, -0.2) is 17.0 Å². The van der Waals surface area contributed by atoms with Crippen molar-refractivity contribution >= 4 is 15.9 Å². The van der Waals surface area contributed by atoms with E-state index in [0.717, 1.165) is 21.3 Å². The molecule has 0 amide bonds. The van der Waals surface area contributed by atoms with Crippen LogP contribution in [0.1, 0.15) is 0 Å². The maximum Gasteiger partial charge on any atom is 0.248 e. The van der Waals surface area contributed by atoms with Gasteiger partial charge < -0.3 is 13.9 Å². The second kappa shape index (κ2) is 4.89. The van der Waals surface area contributed by atoms with E-state index in [-0.39, 0.29) is 6.79 Å². The molecule has 0 fully saturated rings. The van der Waals surface area contributed by atoms with Gasteiger partial charge >= 0.3 is 0 Å². The predicted molar refractivity (Wildman–Crippen MR) is 79.0 cm³/mol. The third-order valence-electron chi connectivity index (χ3n) is 3.14. The molecule has 1 aliphatic rings. The number of halogens is 1. The van der Waals surface area contributed by atoms with Gasteiger partial charge in [0, 0.05) is 15.6 Å². The van der Waals surface area contributed by atoms with Crippen molar-refractivity contribution in [2.24, 2.45) is 0 Å². The standard InChI is InChI=1S/C15H9BrN2O3/c16-11-4-1-9(2-5-11)14-17-18-15(21-14)10-3-6-12-13(7-10)20-8-19-12/h1-7H,8H2. The monoisotopic (exact) mass is 344 g/mol. The van der Waals surface area contributed by atoms with Gasteiger partial charge in [0.05, 0.1) is 0 Å². The van der Waals surface area contributed by atoms with Crippen LogP contribution in [-0.2, 0) is 0 Å². The summed E-state index contributed by atoms with van der Waals surface area (Å²) in [5, 5.41) is 8.17. The lowest BCUT2D eigenvalue weighted by Crippen LogP contribution is -1.92. The van der Waals surface area contributed by atoms with Crippen LogP contribution in [0.15, 0.2) is 51.4 Å². The first-order valence-electron chi connectivity index (χ1n) is 6.29. The molecule has 21 heavy (non-hydrogen) atoms. The van der Waals surface area contributed by atoms with Crippen molar-refractivity contribution in [3.05, 3.63) is 46.9 Å². The average molecular weight is 345 g/mol. The minimum atomic E-state index is 0.243. The van der Waals surface area contributed by atoms with E-state index < -0.39 is 0 Å². The number of aromatic nitrogens is 2. The lowest BCUT2D eigenvalue weighted by Gasteiger charge is -1.98. The Labute approximate surface area is 128 Å². The third-order valence-corrected chi connectivity index (χ3v) is 3.66. The van der Waals surface area contributed by atoms with Crippen LogP contribution >= 0.6 is 15.9 Å². The molecule has 5 nitrogen and oxygen atoms in total. The number of ether oxygens (including phenoxy) is 2. The van der Waals surface area contributed by atoms with Crippen LogP contribution in [0, 0.1) is 0 Å². The van der Waals surface area contributed by atoms with Crippen LogP contribution in [0.3, 0.4) is 0 Å². The van der Waals surface area contributed by atoms with E-state index in [1.54, 1.807) is 0 Å². The van der Waals surface area contributed by atoms with Crippen LogP contribution in [0.25, 0.3) is 22.9 Å². The summed E-state index contributed by atoms with van der Waals surface area (Å²) in [6.45, 7) is 0.243. The quantitative estimate of drug-likeness (QED) is 0.705. The number of hydrogen-bond acceptors (Lipinski definition) is 5. The van der Waals surface area contributed by atoms with Gasteiger partial charge in [-0.05, 0) is 42.5 Å². The van der Waals surface area contributed by atoms with Crippen molar-refractivity contribution in [2.75, 3.05) is 6.79 Å². The van der Waals surface area contributed by atoms with Gasteiger partial charge in [0.25, 0.3) is 0 Å². The summed E-state index contributed by atoms with van der Waals surface area (Å²) in [5.41, 5.74) is 1.67. The Hall–Kier alpha value is -2.34. The Morgan fingerprint density at radius 3 is 2.29 bits per heavy atom.